The van der Waals surface area contributed by atoms with Crippen molar-refractivity contribution < 1.29 is 9.53 Å². The first-order chi connectivity index (χ1) is 11.7. The van der Waals surface area contributed by atoms with Crippen LogP contribution in [-0.2, 0) is 17.6 Å². The highest BCUT2D eigenvalue weighted by Gasteiger charge is 2.34. The van der Waals surface area contributed by atoms with Crippen molar-refractivity contribution in [1.82, 2.24) is 0 Å². The number of benzene rings is 2. The summed E-state index contributed by atoms with van der Waals surface area (Å²) in [6.07, 6.45) is 1.83. The molecule has 120 valence electrons. The van der Waals surface area contributed by atoms with Crippen molar-refractivity contribution in [1.29, 1.82) is 5.26 Å². The van der Waals surface area contributed by atoms with E-state index >= 15 is 0 Å². The summed E-state index contributed by atoms with van der Waals surface area (Å²) in [7, 11) is 0. The third-order valence-corrected chi connectivity index (χ3v) is 4.85. The summed E-state index contributed by atoms with van der Waals surface area (Å²) in [6.45, 7) is 2.68. The molecule has 0 radical (unpaired) electrons. The molecule has 0 N–H and O–H groups in total. The molecule has 2 aromatic rings. The number of carbonyl (C=O) groups is 1. The van der Waals surface area contributed by atoms with E-state index in [1.54, 1.807) is 4.90 Å². The first-order valence-electron chi connectivity index (χ1n) is 8.27. The van der Waals surface area contributed by atoms with Crippen LogP contribution >= 0.6 is 0 Å². The normalized spacial score (nSPS) is 18.3. The van der Waals surface area contributed by atoms with E-state index in [9.17, 15) is 10.1 Å². The minimum atomic E-state index is -0.447. The molecule has 1 amide bonds. The molecule has 4 heteroatoms. The number of fused-ring (bicyclic) bond motifs is 2. The van der Waals surface area contributed by atoms with Crippen LogP contribution in [0.25, 0.3) is 0 Å². The Labute approximate surface area is 141 Å². The Morgan fingerprint density at radius 1 is 1.29 bits per heavy atom. The van der Waals surface area contributed by atoms with Gasteiger partial charge in [-0.3, -0.25) is 4.79 Å². The second-order valence-corrected chi connectivity index (χ2v) is 6.41. The summed E-state index contributed by atoms with van der Waals surface area (Å²) in [6, 6.07) is 13.9. The highest BCUT2D eigenvalue weighted by Crippen LogP contribution is 2.34. The zero-order valence-electron chi connectivity index (χ0n) is 13.6. The number of rotatable bonds is 1. The van der Waals surface area contributed by atoms with Gasteiger partial charge < -0.3 is 9.64 Å². The lowest BCUT2D eigenvalue weighted by Crippen LogP contribution is -2.42. The molecule has 0 fully saturated rings. The number of amides is 1. The zero-order valence-corrected chi connectivity index (χ0v) is 13.6. The van der Waals surface area contributed by atoms with Crippen molar-refractivity contribution in [2.45, 2.75) is 32.3 Å². The predicted molar refractivity (Wildman–Crippen MR) is 91.1 cm³/mol. The molecule has 2 aliphatic rings. The standard InChI is InChI=1S/C20H18N2O2/c1-13-5-7-18-14(11-13)6-8-19(24-18)20(23)22-10-9-16-15(12-21)3-2-4-17(16)22/h2-5,7,11,19H,6,8-10H2,1H3. The molecule has 2 aliphatic heterocycles. The van der Waals surface area contributed by atoms with E-state index in [0.29, 0.717) is 18.5 Å². The van der Waals surface area contributed by atoms with Gasteiger partial charge in [-0.25, -0.2) is 0 Å². The average molecular weight is 318 g/mol. The molecular formula is C20H18N2O2. The number of nitriles is 1. The van der Waals surface area contributed by atoms with Gasteiger partial charge in [-0.2, -0.15) is 5.26 Å². The van der Waals surface area contributed by atoms with Crippen LogP contribution in [0.2, 0.25) is 0 Å². The van der Waals surface area contributed by atoms with Gasteiger partial charge in [0, 0.05) is 12.2 Å². The van der Waals surface area contributed by atoms with E-state index in [4.69, 9.17) is 4.74 Å². The number of ether oxygens (including phenoxy) is 1. The molecule has 24 heavy (non-hydrogen) atoms. The smallest absolute Gasteiger partial charge is 0.268 e. The van der Waals surface area contributed by atoms with E-state index in [2.05, 4.69) is 19.1 Å². The maximum absolute atomic E-state index is 13.0. The first kappa shape index (κ1) is 14.8. The Morgan fingerprint density at radius 3 is 3.00 bits per heavy atom. The number of hydrogen-bond donors (Lipinski definition) is 0. The van der Waals surface area contributed by atoms with Gasteiger partial charge in [-0.15, -0.1) is 0 Å². The number of carbonyl (C=O) groups excluding carboxylic acids is 1. The fourth-order valence-corrected chi connectivity index (χ4v) is 3.63. The Bertz CT molecular complexity index is 866. The van der Waals surface area contributed by atoms with Crippen LogP contribution in [0.1, 0.15) is 28.7 Å². The van der Waals surface area contributed by atoms with Gasteiger partial charge in [0.1, 0.15) is 5.75 Å². The van der Waals surface area contributed by atoms with Crippen LogP contribution in [0.3, 0.4) is 0 Å². The Balaban J connectivity index is 1.59. The molecule has 0 aliphatic carbocycles. The average Bonchev–Trinajstić information content (AvgIpc) is 3.04. The van der Waals surface area contributed by atoms with E-state index in [1.165, 1.54) is 11.1 Å². The van der Waals surface area contributed by atoms with Crippen molar-refractivity contribution in [2.75, 3.05) is 11.4 Å². The van der Waals surface area contributed by atoms with Crippen LogP contribution in [0.15, 0.2) is 36.4 Å². The van der Waals surface area contributed by atoms with Crippen LogP contribution < -0.4 is 9.64 Å². The van der Waals surface area contributed by atoms with Crippen molar-refractivity contribution in [3.8, 4) is 11.8 Å². The minimum absolute atomic E-state index is 0.00457. The van der Waals surface area contributed by atoms with E-state index < -0.39 is 6.10 Å². The van der Waals surface area contributed by atoms with Gasteiger partial charge in [0.15, 0.2) is 6.10 Å². The largest absolute Gasteiger partial charge is 0.480 e. The van der Waals surface area contributed by atoms with Crippen LogP contribution in [-0.4, -0.2) is 18.6 Å². The van der Waals surface area contributed by atoms with Crippen LogP contribution in [0.4, 0.5) is 5.69 Å². The molecular weight excluding hydrogens is 300 g/mol. The molecule has 4 rings (SSSR count). The Kier molecular flexibility index (Phi) is 3.50. The van der Waals surface area contributed by atoms with E-state index in [0.717, 1.165) is 29.8 Å². The molecule has 1 unspecified atom stereocenters. The molecule has 0 saturated heterocycles. The SMILES string of the molecule is Cc1ccc2c(c1)CCC(C(=O)N1CCc3c(C#N)cccc31)O2. The molecule has 2 aromatic carbocycles. The number of aryl methyl sites for hydroxylation is 2. The van der Waals surface area contributed by atoms with Crippen LogP contribution in [0.5, 0.6) is 5.75 Å². The summed E-state index contributed by atoms with van der Waals surface area (Å²) >= 11 is 0. The molecule has 0 bridgehead atoms. The lowest BCUT2D eigenvalue weighted by molar-refractivity contribution is -0.125. The molecule has 2 heterocycles. The molecule has 0 aromatic heterocycles. The van der Waals surface area contributed by atoms with Gasteiger partial charge in [-0.05, 0) is 55.5 Å². The minimum Gasteiger partial charge on any atom is -0.480 e. The Hall–Kier alpha value is -2.80. The fourth-order valence-electron chi connectivity index (χ4n) is 3.63. The lowest BCUT2D eigenvalue weighted by atomic mass is 9.99. The summed E-state index contributed by atoms with van der Waals surface area (Å²) in [4.78, 5) is 14.7. The third-order valence-electron chi connectivity index (χ3n) is 4.85. The molecule has 1 atom stereocenters. The van der Waals surface area contributed by atoms with E-state index in [1.807, 2.05) is 30.3 Å². The maximum atomic E-state index is 13.0. The second-order valence-electron chi connectivity index (χ2n) is 6.41. The van der Waals surface area contributed by atoms with Gasteiger partial charge >= 0.3 is 0 Å². The highest BCUT2D eigenvalue weighted by atomic mass is 16.5. The molecule has 4 nitrogen and oxygen atoms in total. The quantitative estimate of drug-likeness (QED) is 0.811. The van der Waals surface area contributed by atoms with E-state index in [-0.39, 0.29) is 5.91 Å². The Morgan fingerprint density at radius 2 is 2.17 bits per heavy atom. The van der Waals surface area contributed by atoms with Gasteiger partial charge in [0.2, 0.25) is 0 Å². The number of nitrogens with zero attached hydrogens (tertiary/aromatic N) is 2. The van der Waals surface area contributed by atoms with Crippen molar-refractivity contribution in [3.63, 3.8) is 0 Å². The van der Waals surface area contributed by atoms with Crippen LogP contribution in [0, 0.1) is 18.3 Å². The van der Waals surface area contributed by atoms with Gasteiger partial charge in [0.05, 0.1) is 11.6 Å². The summed E-state index contributed by atoms with van der Waals surface area (Å²) < 4.78 is 5.98. The molecule has 0 saturated carbocycles. The monoisotopic (exact) mass is 318 g/mol. The zero-order chi connectivity index (χ0) is 16.7. The number of anilines is 1. The van der Waals surface area contributed by atoms with Crippen molar-refractivity contribution in [2.24, 2.45) is 0 Å². The first-order valence-corrected chi connectivity index (χ1v) is 8.27. The summed E-state index contributed by atoms with van der Waals surface area (Å²) in [5, 5.41) is 9.23. The summed E-state index contributed by atoms with van der Waals surface area (Å²) in [5.41, 5.74) is 4.87. The topological polar surface area (TPSA) is 53.3 Å². The number of hydrogen-bond acceptors (Lipinski definition) is 3. The highest BCUT2D eigenvalue weighted by molar-refractivity contribution is 5.99. The van der Waals surface area contributed by atoms with Crippen molar-refractivity contribution in [3.05, 3.63) is 58.7 Å². The van der Waals surface area contributed by atoms with Gasteiger partial charge in [-0.1, -0.05) is 23.8 Å². The third kappa shape index (κ3) is 2.33. The fraction of sp³-hybridized carbons (Fsp3) is 0.300. The maximum Gasteiger partial charge on any atom is 0.268 e. The van der Waals surface area contributed by atoms with Crippen molar-refractivity contribution >= 4 is 11.6 Å². The predicted octanol–water partition coefficient (Wildman–Crippen LogP) is 3.15. The molecule has 0 spiro atoms. The lowest BCUT2D eigenvalue weighted by Gasteiger charge is -2.29. The second kappa shape index (κ2) is 5.68. The summed E-state index contributed by atoms with van der Waals surface area (Å²) in [5.74, 6) is 0.811. The van der Waals surface area contributed by atoms with Gasteiger partial charge in [0.25, 0.3) is 5.91 Å².